The van der Waals surface area contributed by atoms with Crippen molar-refractivity contribution in [1.29, 1.82) is 0 Å². The molecule has 0 atom stereocenters. The Labute approximate surface area is 206 Å². The molecule has 0 saturated heterocycles. The van der Waals surface area contributed by atoms with Crippen molar-refractivity contribution in [2.45, 2.75) is 26.4 Å². The van der Waals surface area contributed by atoms with E-state index in [-0.39, 0.29) is 24.7 Å². The fourth-order valence-electron chi connectivity index (χ4n) is 2.91. The number of hydrogen-bond donors (Lipinski definition) is 2. The molecule has 3 rings (SSSR count). The molecule has 0 radical (unpaired) electrons. The number of carbonyl (C=O) groups excluding carboxylic acids is 2. The number of hydrogen-bond acceptors (Lipinski definition) is 4. The standard InChI is InChI=1S/C25H23BrClN3O3/c1-17-6-2-5-9-22(17)29-24(31)12-13-25(32)30-28-15-19-14-20(26)10-11-23(19)33-16-18-7-3-4-8-21(18)27/h2-11,14-15H,12-13,16H2,1H3,(H,29,31)(H,30,32). The zero-order valence-corrected chi connectivity index (χ0v) is 20.3. The second-order valence-corrected chi connectivity index (χ2v) is 8.54. The number of ether oxygens (including phenoxy) is 1. The van der Waals surface area contributed by atoms with Crippen LogP contribution in [-0.4, -0.2) is 18.0 Å². The summed E-state index contributed by atoms with van der Waals surface area (Å²) in [4.78, 5) is 24.2. The average molecular weight is 529 g/mol. The van der Waals surface area contributed by atoms with E-state index in [0.29, 0.717) is 22.9 Å². The monoisotopic (exact) mass is 527 g/mol. The van der Waals surface area contributed by atoms with Gasteiger partial charge in [0.1, 0.15) is 12.4 Å². The third-order valence-electron chi connectivity index (χ3n) is 4.70. The van der Waals surface area contributed by atoms with E-state index in [9.17, 15) is 9.59 Å². The molecular formula is C25H23BrClN3O3. The predicted molar refractivity (Wildman–Crippen MR) is 135 cm³/mol. The first-order valence-corrected chi connectivity index (χ1v) is 11.4. The number of nitrogens with one attached hydrogen (secondary N) is 2. The van der Waals surface area contributed by atoms with Crippen LogP contribution in [0.3, 0.4) is 0 Å². The third kappa shape index (κ3) is 7.73. The summed E-state index contributed by atoms with van der Waals surface area (Å²) in [5.41, 5.74) is 5.68. The van der Waals surface area contributed by atoms with Gasteiger partial charge < -0.3 is 10.1 Å². The van der Waals surface area contributed by atoms with E-state index in [2.05, 4.69) is 31.8 Å². The van der Waals surface area contributed by atoms with Crippen molar-refractivity contribution in [3.8, 4) is 5.75 Å². The Balaban J connectivity index is 1.52. The maximum absolute atomic E-state index is 12.1. The van der Waals surface area contributed by atoms with Crippen molar-refractivity contribution >= 4 is 51.2 Å². The Kier molecular flexibility index (Phi) is 9.04. The number of aryl methyl sites for hydroxylation is 1. The molecule has 2 N–H and O–H groups in total. The minimum Gasteiger partial charge on any atom is -0.488 e. The third-order valence-corrected chi connectivity index (χ3v) is 5.57. The van der Waals surface area contributed by atoms with Crippen molar-refractivity contribution in [2.24, 2.45) is 5.10 Å². The molecule has 0 aliphatic carbocycles. The summed E-state index contributed by atoms with van der Waals surface area (Å²) in [5, 5.41) is 7.44. The predicted octanol–water partition coefficient (Wildman–Crippen LogP) is 5.86. The van der Waals surface area contributed by atoms with Crippen LogP contribution in [0.4, 0.5) is 5.69 Å². The lowest BCUT2D eigenvalue weighted by atomic mass is 10.2. The molecule has 0 heterocycles. The molecular weight excluding hydrogens is 506 g/mol. The number of halogens is 2. The lowest BCUT2D eigenvalue weighted by Gasteiger charge is -2.10. The number of carbonyl (C=O) groups is 2. The van der Waals surface area contributed by atoms with Gasteiger partial charge in [0.15, 0.2) is 0 Å². The summed E-state index contributed by atoms with van der Waals surface area (Å²) in [6, 6.07) is 20.4. The number of nitrogens with zero attached hydrogens (tertiary/aromatic N) is 1. The van der Waals surface area contributed by atoms with E-state index < -0.39 is 0 Å². The first-order chi connectivity index (χ1) is 15.9. The van der Waals surface area contributed by atoms with Crippen LogP contribution in [0, 0.1) is 6.92 Å². The van der Waals surface area contributed by atoms with Gasteiger partial charge in [-0.25, -0.2) is 5.43 Å². The second-order valence-electron chi connectivity index (χ2n) is 7.22. The Morgan fingerprint density at radius 3 is 2.55 bits per heavy atom. The minimum atomic E-state index is -0.361. The quantitative estimate of drug-likeness (QED) is 0.270. The molecule has 3 aromatic carbocycles. The van der Waals surface area contributed by atoms with Crippen LogP contribution in [0.2, 0.25) is 5.02 Å². The molecule has 170 valence electrons. The molecule has 6 nitrogen and oxygen atoms in total. The summed E-state index contributed by atoms with van der Waals surface area (Å²) in [6.45, 7) is 2.20. The number of benzene rings is 3. The highest BCUT2D eigenvalue weighted by Crippen LogP contribution is 2.24. The highest BCUT2D eigenvalue weighted by Gasteiger charge is 2.09. The van der Waals surface area contributed by atoms with E-state index in [4.69, 9.17) is 16.3 Å². The summed E-state index contributed by atoms with van der Waals surface area (Å²) in [6.07, 6.45) is 1.57. The van der Waals surface area contributed by atoms with Gasteiger partial charge in [-0.15, -0.1) is 0 Å². The Bertz CT molecular complexity index is 1170. The fraction of sp³-hybridized carbons (Fsp3) is 0.160. The smallest absolute Gasteiger partial charge is 0.240 e. The average Bonchev–Trinajstić information content (AvgIpc) is 2.80. The Morgan fingerprint density at radius 1 is 1.03 bits per heavy atom. The number of anilines is 1. The molecule has 0 fully saturated rings. The van der Waals surface area contributed by atoms with Crippen LogP contribution >= 0.6 is 27.5 Å². The summed E-state index contributed by atoms with van der Waals surface area (Å²) < 4.78 is 6.74. The lowest BCUT2D eigenvalue weighted by molar-refractivity contribution is -0.124. The molecule has 2 amide bonds. The number of rotatable bonds is 9. The van der Waals surface area contributed by atoms with E-state index >= 15 is 0 Å². The van der Waals surface area contributed by atoms with E-state index in [1.807, 2.05) is 61.5 Å². The van der Waals surface area contributed by atoms with Crippen molar-refractivity contribution < 1.29 is 14.3 Å². The van der Waals surface area contributed by atoms with Crippen molar-refractivity contribution in [3.05, 3.63) is 92.9 Å². The van der Waals surface area contributed by atoms with E-state index in [0.717, 1.165) is 21.3 Å². The maximum Gasteiger partial charge on any atom is 0.240 e. The molecule has 8 heteroatoms. The molecule has 33 heavy (non-hydrogen) atoms. The molecule has 0 aliphatic rings. The summed E-state index contributed by atoms with van der Waals surface area (Å²) >= 11 is 9.62. The normalized spacial score (nSPS) is 10.8. The maximum atomic E-state index is 12.1. The van der Waals surface area contributed by atoms with Gasteiger partial charge in [-0.1, -0.05) is 63.9 Å². The molecule has 0 aromatic heterocycles. The first kappa shape index (κ1) is 24.5. The Morgan fingerprint density at radius 2 is 1.76 bits per heavy atom. The Hall–Kier alpha value is -3.16. The largest absolute Gasteiger partial charge is 0.488 e. The molecule has 0 aliphatic heterocycles. The second kappa shape index (κ2) is 12.2. The highest BCUT2D eigenvalue weighted by atomic mass is 79.9. The molecule has 0 saturated carbocycles. The number of hydrazone groups is 1. The van der Waals surface area contributed by atoms with Crippen LogP contribution < -0.4 is 15.5 Å². The zero-order valence-electron chi connectivity index (χ0n) is 18.0. The fourth-order valence-corrected chi connectivity index (χ4v) is 3.47. The minimum absolute atomic E-state index is 0.0173. The topological polar surface area (TPSA) is 79.8 Å². The van der Waals surface area contributed by atoms with Gasteiger partial charge in [0.25, 0.3) is 0 Å². The molecule has 0 bridgehead atoms. The van der Waals surface area contributed by atoms with Gasteiger partial charge in [0, 0.05) is 39.2 Å². The van der Waals surface area contributed by atoms with Gasteiger partial charge in [-0.05, 0) is 42.8 Å². The highest BCUT2D eigenvalue weighted by molar-refractivity contribution is 9.10. The summed E-state index contributed by atoms with van der Waals surface area (Å²) in [5.74, 6) is -0.000813. The molecule has 3 aromatic rings. The van der Waals surface area contributed by atoms with Gasteiger partial charge in [-0.2, -0.15) is 5.10 Å². The van der Waals surface area contributed by atoms with Crippen LogP contribution in [-0.2, 0) is 16.2 Å². The van der Waals surface area contributed by atoms with Gasteiger partial charge in [-0.3, -0.25) is 9.59 Å². The van der Waals surface area contributed by atoms with Crippen LogP contribution in [0.5, 0.6) is 5.75 Å². The van der Waals surface area contributed by atoms with E-state index in [1.165, 1.54) is 6.21 Å². The van der Waals surface area contributed by atoms with Crippen LogP contribution in [0.15, 0.2) is 76.3 Å². The van der Waals surface area contributed by atoms with Crippen LogP contribution in [0.25, 0.3) is 0 Å². The van der Waals surface area contributed by atoms with Gasteiger partial charge in [0.05, 0.1) is 6.21 Å². The lowest BCUT2D eigenvalue weighted by Crippen LogP contribution is -2.21. The SMILES string of the molecule is Cc1ccccc1NC(=O)CCC(=O)NN=Cc1cc(Br)ccc1OCc1ccccc1Cl. The van der Waals surface area contributed by atoms with E-state index in [1.54, 1.807) is 12.1 Å². The van der Waals surface area contributed by atoms with Crippen LogP contribution in [0.1, 0.15) is 29.5 Å². The van der Waals surface area contributed by atoms with Crippen molar-refractivity contribution in [2.75, 3.05) is 5.32 Å². The van der Waals surface area contributed by atoms with Gasteiger partial charge >= 0.3 is 0 Å². The van der Waals surface area contributed by atoms with Crippen molar-refractivity contribution in [1.82, 2.24) is 5.43 Å². The number of para-hydroxylation sites is 1. The molecule has 0 spiro atoms. The zero-order chi connectivity index (χ0) is 23.6. The van der Waals surface area contributed by atoms with Crippen molar-refractivity contribution in [3.63, 3.8) is 0 Å². The first-order valence-electron chi connectivity index (χ1n) is 10.3. The summed E-state index contributed by atoms with van der Waals surface area (Å²) in [7, 11) is 0. The van der Waals surface area contributed by atoms with Gasteiger partial charge in [0.2, 0.25) is 11.8 Å². The molecule has 0 unspecified atom stereocenters. The number of amides is 2.